The van der Waals surface area contributed by atoms with Gasteiger partial charge in [-0.2, -0.15) is 0 Å². The normalized spacial score (nSPS) is 13.1. The van der Waals surface area contributed by atoms with Gasteiger partial charge in [0.1, 0.15) is 0 Å². The van der Waals surface area contributed by atoms with Crippen LogP contribution in [0.15, 0.2) is 18.3 Å². The Kier molecular flexibility index (Phi) is 12.8. The summed E-state index contributed by atoms with van der Waals surface area (Å²) in [5.74, 6) is 0. The van der Waals surface area contributed by atoms with Crippen LogP contribution in [-0.4, -0.2) is 38.3 Å². The van der Waals surface area contributed by atoms with Crippen molar-refractivity contribution in [3.05, 3.63) is 24.0 Å². The summed E-state index contributed by atoms with van der Waals surface area (Å²) in [7, 11) is -1.63. The van der Waals surface area contributed by atoms with Gasteiger partial charge in [-0.15, -0.1) is 0 Å². The van der Waals surface area contributed by atoms with E-state index in [0.29, 0.717) is 5.04 Å². The molecule has 0 aliphatic rings. The van der Waals surface area contributed by atoms with Gasteiger partial charge in [-0.3, -0.25) is 0 Å². The number of pyridine rings is 1. The maximum atomic E-state index is 6.35. The van der Waals surface area contributed by atoms with Crippen LogP contribution >= 0.6 is 0 Å². The van der Waals surface area contributed by atoms with E-state index in [4.69, 9.17) is 9.41 Å². The van der Waals surface area contributed by atoms with Crippen LogP contribution < -0.4 is 3.58 Å². The van der Waals surface area contributed by atoms with Gasteiger partial charge in [-0.25, -0.2) is 0 Å². The molecule has 0 aromatic carbocycles. The van der Waals surface area contributed by atoms with Crippen LogP contribution in [0.4, 0.5) is 0 Å². The molecule has 0 N–H and O–H groups in total. The van der Waals surface area contributed by atoms with E-state index >= 15 is 0 Å². The molecule has 1 aromatic rings. The predicted octanol–water partition coefficient (Wildman–Crippen LogP) is 8.09. The zero-order valence-corrected chi connectivity index (χ0v) is 25.4. The first-order valence-corrected chi connectivity index (χ1v) is 23.1. The van der Waals surface area contributed by atoms with Gasteiger partial charge in [0.25, 0.3) is 0 Å². The van der Waals surface area contributed by atoms with Crippen molar-refractivity contribution < 1.29 is 4.43 Å². The number of rotatable bonds is 15. The van der Waals surface area contributed by atoms with Crippen molar-refractivity contribution in [3.63, 3.8) is 0 Å². The number of unbranched alkanes of at least 4 members (excludes halogenated alkanes) is 3. The van der Waals surface area contributed by atoms with E-state index in [1.54, 1.807) is 3.58 Å². The van der Waals surface area contributed by atoms with Crippen molar-refractivity contribution in [2.24, 2.45) is 0 Å². The predicted molar refractivity (Wildman–Crippen MR) is 140 cm³/mol. The topological polar surface area (TPSA) is 22.1 Å². The standard InChI is InChI=1S/C14H24NOSi.3C4H9.Sn/c1-14(2,3)17(4,5)16-12-8-10-13-9-6-7-11-15-13;3*1-3-4-2;/h6,9,11H,8,10,12H2,1-5H3;3*1,3-4H2,2H3;. The average molecular weight is 540 g/mol. The van der Waals surface area contributed by atoms with E-state index in [1.165, 1.54) is 57.5 Å². The first-order chi connectivity index (χ1) is 14.1. The fraction of sp³-hybridized carbons (Fsp3) is 0.808. The Morgan fingerprint density at radius 3 is 1.80 bits per heavy atom. The fourth-order valence-corrected chi connectivity index (χ4v) is 20.8. The van der Waals surface area contributed by atoms with E-state index in [-0.39, 0.29) is 0 Å². The first kappa shape index (κ1) is 28.2. The third kappa shape index (κ3) is 8.94. The number of hydrogen-bond acceptors (Lipinski definition) is 2. The van der Waals surface area contributed by atoms with Crippen LogP contribution in [0.1, 0.15) is 92.2 Å². The Hall–Kier alpha value is 0.126. The molecule has 0 unspecified atom stereocenters. The second-order valence-corrected chi connectivity index (χ2v) is 28.9. The summed E-state index contributed by atoms with van der Waals surface area (Å²) in [4.78, 5) is 4.96. The molecule has 0 bridgehead atoms. The fourth-order valence-electron chi connectivity index (χ4n) is 4.04. The maximum absolute atomic E-state index is 6.35. The molecule has 0 aliphatic heterocycles. The van der Waals surface area contributed by atoms with E-state index in [9.17, 15) is 0 Å². The molecule has 0 saturated heterocycles. The van der Waals surface area contributed by atoms with Gasteiger partial charge in [0, 0.05) is 0 Å². The van der Waals surface area contributed by atoms with Crippen LogP contribution in [0, 0.1) is 0 Å². The second kappa shape index (κ2) is 13.6. The summed E-state index contributed by atoms with van der Waals surface area (Å²) in [6.07, 6.45) is 12.7. The third-order valence-electron chi connectivity index (χ3n) is 7.31. The van der Waals surface area contributed by atoms with E-state index in [1.807, 2.05) is 0 Å². The molecule has 0 atom stereocenters. The molecular formula is C26H51NOSiSn. The summed E-state index contributed by atoms with van der Waals surface area (Å²) in [5, 5.41) is 0.290. The van der Waals surface area contributed by atoms with Gasteiger partial charge in [0.15, 0.2) is 0 Å². The summed E-state index contributed by atoms with van der Waals surface area (Å²) in [6, 6.07) is 4.84. The quantitative estimate of drug-likeness (QED) is 0.166. The molecule has 174 valence electrons. The number of hydrogen-bond donors (Lipinski definition) is 0. The molecule has 2 nitrogen and oxygen atoms in total. The van der Waals surface area contributed by atoms with E-state index in [2.05, 4.69) is 73.0 Å². The molecule has 0 fully saturated rings. The molecule has 0 aliphatic carbocycles. The van der Waals surface area contributed by atoms with Gasteiger partial charge in [0.2, 0.25) is 0 Å². The monoisotopic (exact) mass is 541 g/mol. The van der Waals surface area contributed by atoms with Crippen molar-refractivity contribution in [3.8, 4) is 0 Å². The Balaban J connectivity index is 2.79. The number of nitrogens with zero attached hydrogens (tertiary/aromatic N) is 1. The SMILES string of the molecule is CCC[CH2][Sn]([CH2]CCC)([CH2]CCC)[c]1ccc(CCCO[Si](C)(C)C(C)(C)C)nc1. The molecule has 4 heteroatoms. The molecule has 1 heterocycles. The third-order valence-corrected chi connectivity index (χ3v) is 27.4. The Morgan fingerprint density at radius 2 is 1.40 bits per heavy atom. The minimum absolute atomic E-state index is 0.290. The minimum atomic E-state index is -2.32. The van der Waals surface area contributed by atoms with Gasteiger partial charge >= 0.3 is 195 Å². The summed E-state index contributed by atoms with van der Waals surface area (Å²) < 4.78 is 12.6. The average Bonchev–Trinajstić information content (AvgIpc) is 2.71. The van der Waals surface area contributed by atoms with Crippen molar-refractivity contribution in [1.82, 2.24) is 4.98 Å². The van der Waals surface area contributed by atoms with Crippen LogP contribution in [0.5, 0.6) is 0 Å². The van der Waals surface area contributed by atoms with Gasteiger partial charge in [0.05, 0.1) is 0 Å². The Morgan fingerprint density at radius 1 is 0.867 bits per heavy atom. The van der Waals surface area contributed by atoms with E-state index < -0.39 is 26.7 Å². The summed E-state index contributed by atoms with van der Waals surface area (Å²) in [6.45, 7) is 19.5. The molecule has 0 radical (unpaired) electrons. The number of aromatic nitrogens is 1. The van der Waals surface area contributed by atoms with Gasteiger partial charge in [-0.05, 0) is 0 Å². The van der Waals surface area contributed by atoms with Crippen LogP contribution in [0.2, 0.25) is 31.4 Å². The van der Waals surface area contributed by atoms with Gasteiger partial charge in [-0.1, -0.05) is 0 Å². The van der Waals surface area contributed by atoms with Crippen LogP contribution in [0.3, 0.4) is 0 Å². The Bertz CT molecular complexity index is 558. The van der Waals surface area contributed by atoms with Crippen LogP contribution in [-0.2, 0) is 10.8 Å². The molecule has 0 spiro atoms. The van der Waals surface area contributed by atoms with Crippen molar-refractivity contribution in [2.75, 3.05) is 6.61 Å². The zero-order valence-electron chi connectivity index (χ0n) is 21.6. The zero-order chi connectivity index (χ0) is 22.7. The van der Waals surface area contributed by atoms with Crippen molar-refractivity contribution in [1.29, 1.82) is 0 Å². The Labute approximate surface area is 194 Å². The molecule has 30 heavy (non-hydrogen) atoms. The summed E-state index contributed by atoms with van der Waals surface area (Å²) in [5.41, 5.74) is 1.25. The van der Waals surface area contributed by atoms with Crippen molar-refractivity contribution in [2.45, 2.75) is 124 Å². The summed E-state index contributed by atoms with van der Waals surface area (Å²) >= 11 is -2.32. The number of aryl methyl sites for hydroxylation is 1. The molecule has 0 amide bonds. The van der Waals surface area contributed by atoms with Gasteiger partial charge < -0.3 is 0 Å². The second-order valence-electron chi connectivity index (χ2n) is 10.8. The molecule has 1 aromatic heterocycles. The molecule has 0 saturated carbocycles. The molecule has 1 rings (SSSR count). The van der Waals surface area contributed by atoms with Crippen molar-refractivity contribution >= 4 is 30.3 Å². The molecular weight excluding hydrogens is 489 g/mol. The van der Waals surface area contributed by atoms with Crippen LogP contribution in [0.25, 0.3) is 0 Å². The van der Waals surface area contributed by atoms with E-state index in [0.717, 1.165) is 19.4 Å². The first-order valence-electron chi connectivity index (χ1n) is 12.7.